The number of fused-ring (bicyclic) bond motifs is 1. The highest BCUT2D eigenvalue weighted by molar-refractivity contribution is 6.00. The van der Waals surface area contributed by atoms with E-state index in [1.165, 1.54) is 14.2 Å². The van der Waals surface area contributed by atoms with E-state index in [0.717, 1.165) is 29.1 Å². The van der Waals surface area contributed by atoms with E-state index in [4.69, 9.17) is 9.47 Å². The number of aromatic nitrogens is 4. The topological polar surface area (TPSA) is 83.2 Å². The molecule has 8 nitrogen and oxygen atoms in total. The van der Waals surface area contributed by atoms with Gasteiger partial charge in [0.1, 0.15) is 29.4 Å². The molecule has 0 bridgehead atoms. The third-order valence-corrected chi connectivity index (χ3v) is 5.42. The number of hydrogen-bond acceptors (Lipinski definition) is 5. The van der Waals surface area contributed by atoms with Crippen LogP contribution in [0.15, 0.2) is 49.1 Å². The average molecular weight is 473 g/mol. The summed E-state index contributed by atoms with van der Waals surface area (Å²) in [6.45, 7) is 0.864. The molecule has 2 heterocycles. The van der Waals surface area contributed by atoms with Gasteiger partial charge in [-0.2, -0.15) is 18.3 Å². The molecule has 0 saturated carbocycles. The molecule has 1 N–H and O–H groups in total. The fourth-order valence-electron chi connectivity index (χ4n) is 3.58. The predicted molar refractivity (Wildman–Crippen MR) is 119 cm³/mol. The van der Waals surface area contributed by atoms with Crippen molar-refractivity contribution in [2.24, 2.45) is 7.05 Å². The van der Waals surface area contributed by atoms with Crippen LogP contribution in [0.5, 0.6) is 11.5 Å². The highest BCUT2D eigenvalue weighted by Gasteiger charge is 2.38. The molecule has 4 rings (SSSR count). The minimum atomic E-state index is -4.58. The molecular weight excluding hydrogens is 451 g/mol. The van der Waals surface area contributed by atoms with Crippen LogP contribution < -0.4 is 14.8 Å². The van der Waals surface area contributed by atoms with Gasteiger partial charge in [0.2, 0.25) is 0 Å². The number of rotatable bonds is 6. The number of benzene rings is 2. The molecule has 0 radical (unpaired) electrons. The maximum absolute atomic E-state index is 12.9. The number of methoxy groups -OCH3 is 2. The van der Waals surface area contributed by atoms with Crippen molar-refractivity contribution in [3.63, 3.8) is 0 Å². The lowest BCUT2D eigenvalue weighted by Gasteiger charge is -2.20. The molecule has 1 atom stereocenters. The van der Waals surface area contributed by atoms with Crippen molar-refractivity contribution in [3.8, 4) is 28.3 Å². The van der Waals surface area contributed by atoms with Gasteiger partial charge in [-0.05, 0) is 24.6 Å². The largest absolute Gasteiger partial charge is 0.496 e. The summed E-state index contributed by atoms with van der Waals surface area (Å²) in [5.74, 6) is -0.827. The number of nitrogens with one attached hydrogen (secondary N) is 1. The second-order valence-electron chi connectivity index (χ2n) is 7.68. The Morgan fingerprint density at radius 1 is 1.09 bits per heavy atom. The molecule has 0 aliphatic carbocycles. The van der Waals surface area contributed by atoms with Crippen LogP contribution in [0, 0.1) is 0 Å². The fourth-order valence-corrected chi connectivity index (χ4v) is 3.58. The van der Waals surface area contributed by atoms with Crippen molar-refractivity contribution >= 4 is 16.9 Å². The van der Waals surface area contributed by atoms with E-state index in [1.807, 2.05) is 36.8 Å². The van der Waals surface area contributed by atoms with Gasteiger partial charge < -0.3 is 14.8 Å². The van der Waals surface area contributed by atoms with Gasteiger partial charge in [0, 0.05) is 30.9 Å². The van der Waals surface area contributed by atoms with Crippen molar-refractivity contribution in [1.82, 2.24) is 24.6 Å². The summed E-state index contributed by atoms with van der Waals surface area (Å²) in [4.78, 5) is 17.1. The fraction of sp³-hybridized carbons (Fsp3) is 0.261. The quantitative estimate of drug-likeness (QED) is 0.456. The van der Waals surface area contributed by atoms with E-state index >= 15 is 0 Å². The zero-order valence-corrected chi connectivity index (χ0v) is 18.8. The van der Waals surface area contributed by atoms with Gasteiger partial charge in [0.05, 0.1) is 37.1 Å². The van der Waals surface area contributed by atoms with Gasteiger partial charge in [-0.25, -0.2) is 4.98 Å². The van der Waals surface area contributed by atoms with Gasteiger partial charge in [-0.3, -0.25) is 14.0 Å². The molecule has 11 heteroatoms. The van der Waals surface area contributed by atoms with Gasteiger partial charge in [-0.15, -0.1) is 0 Å². The summed E-state index contributed by atoms with van der Waals surface area (Å²) in [6.07, 6.45) is 0.687. The van der Waals surface area contributed by atoms with Crippen LogP contribution in [0.2, 0.25) is 0 Å². The van der Waals surface area contributed by atoms with Gasteiger partial charge >= 0.3 is 6.18 Å². The lowest BCUT2D eigenvalue weighted by Crippen LogP contribution is -2.43. The second kappa shape index (κ2) is 8.73. The molecule has 0 unspecified atom stereocenters. The van der Waals surface area contributed by atoms with Crippen molar-refractivity contribution in [3.05, 3.63) is 54.6 Å². The Labute approximate surface area is 192 Å². The van der Waals surface area contributed by atoms with Crippen molar-refractivity contribution < 1.29 is 27.4 Å². The standard InChI is InChI=1S/C23H22F3N5O3/c1-13(23(24,25)26)29-22(32)21-19(33-3)8-16(9-20(21)34-4)31-12-27-17-7-14(5-6-18(17)31)15-10-28-30(2)11-15/h5-13H,1-4H3,(H,29,32)/t13-/m1/s1. The van der Waals surface area contributed by atoms with E-state index in [0.29, 0.717) is 5.69 Å². The maximum Gasteiger partial charge on any atom is 0.408 e. The molecule has 2 aromatic heterocycles. The number of imidazole rings is 1. The SMILES string of the molecule is COc1cc(-n2cnc3cc(-c4cnn(C)c4)ccc32)cc(OC)c1C(=O)N[C@H](C)C(F)(F)F. The zero-order chi connectivity index (χ0) is 24.6. The number of alkyl halides is 3. The summed E-state index contributed by atoms with van der Waals surface area (Å²) in [5.41, 5.74) is 3.83. The van der Waals surface area contributed by atoms with Crippen LogP contribution in [0.4, 0.5) is 13.2 Å². The van der Waals surface area contributed by atoms with Gasteiger partial charge in [0.15, 0.2) is 0 Å². The summed E-state index contributed by atoms with van der Waals surface area (Å²) in [5, 5.41) is 6.13. The lowest BCUT2D eigenvalue weighted by atomic mass is 10.1. The molecule has 2 aromatic carbocycles. The number of amides is 1. The van der Waals surface area contributed by atoms with E-state index in [9.17, 15) is 18.0 Å². The molecule has 0 saturated heterocycles. The summed E-state index contributed by atoms with van der Waals surface area (Å²) < 4.78 is 53.0. The minimum Gasteiger partial charge on any atom is -0.496 e. The first kappa shape index (κ1) is 23.1. The highest BCUT2D eigenvalue weighted by Crippen LogP contribution is 2.34. The molecule has 0 aliphatic rings. The summed E-state index contributed by atoms with van der Waals surface area (Å²) in [7, 11) is 4.49. The predicted octanol–water partition coefficient (Wildman–Crippen LogP) is 4.12. The molecule has 34 heavy (non-hydrogen) atoms. The first-order valence-electron chi connectivity index (χ1n) is 10.2. The molecule has 0 fully saturated rings. The van der Waals surface area contributed by atoms with Crippen LogP contribution in [-0.4, -0.2) is 51.7 Å². The Morgan fingerprint density at radius 3 is 2.32 bits per heavy atom. The monoisotopic (exact) mass is 473 g/mol. The Bertz CT molecular complexity index is 1330. The van der Waals surface area contributed by atoms with Gasteiger partial charge in [-0.1, -0.05) is 6.07 Å². The summed E-state index contributed by atoms with van der Waals surface area (Å²) >= 11 is 0. The maximum atomic E-state index is 12.9. The van der Waals surface area contributed by atoms with Crippen LogP contribution in [0.3, 0.4) is 0 Å². The zero-order valence-electron chi connectivity index (χ0n) is 18.8. The number of carbonyl (C=O) groups excluding carboxylic acids is 1. The van der Waals surface area contributed by atoms with Crippen molar-refractivity contribution in [2.75, 3.05) is 14.2 Å². The smallest absolute Gasteiger partial charge is 0.408 e. The highest BCUT2D eigenvalue weighted by atomic mass is 19.4. The van der Waals surface area contributed by atoms with E-state index < -0.39 is 18.1 Å². The number of aryl methyl sites for hydroxylation is 1. The molecular formula is C23H22F3N5O3. The molecule has 0 spiro atoms. The second-order valence-corrected chi connectivity index (χ2v) is 7.68. The van der Waals surface area contributed by atoms with E-state index in [-0.39, 0.29) is 17.1 Å². The van der Waals surface area contributed by atoms with Crippen molar-refractivity contribution in [2.45, 2.75) is 19.1 Å². The Morgan fingerprint density at radius 2 is 1.76 bits per heavy atom. The van der Waals surface area contributed by atoms with Crippen LogP contribution in [0.1, 0.15) is 17.3 Å². The van der Waals surface area contributed by atoms with E-state index in [1.54, 1.807) is 33.9 Å². The number of nitrogens with zero attached hydrogens (tertiary/aromatic N) is 4. The lowest BCUT2D eigenvalue weighted by molar-refractivity contribution is -0.149. The molecule has 1 amide bonds. The third-order valence-electron chi connectivity index (χ3n) is 5.42. The Balaban J connectivity index is 1.74. The summed E-state index contributed by atoms with van der Waals surface area (Å²) in [6, 6.07) is 6.82. The number of halogens is 3. The van der Waals surface area contributed by atoms with Crippen LogP contribution in [0.25, 0.3) is 27.8 Å². The first-order chi connectivity index (χ1) is 16.1. The molecule has 178 valence electrons. The van der Waals surface area contributed by atoms with Crippen LogP contribution >= 0.6 is 0 Å². The van der Waals surface area contributed by atoms with E-state index in [2.05, 4.69) is 10.1 Å². The normalized spacial score (nSPS) is 12.6. The van der Waals surface area contributed by atoms with Crippen molar-refractivity contribution in [1.29, 1.82) is 0 Å². The number of carbonyl (C=O) groups is 1. The Kier molecular flexibility index (Phi) is 5.94. The van der Waals surface area contributed by atoms with Gasteiger partial charge in [0.25, 0.3) is 5.91 Å². The molecule has 0 aliphatic heterocycles. The molecule has 4 aromatic rings. The average Bonchev–Trinajstić information content (AvgIpc) is 3.43. The number of hydrogen-bond donors (Lipinski definition) is 1. The number of ether oxygens (including phenoxy) is 2. The minimum absolute atomic E-state index is 0.0649. The Hall–Kier alpha value is -4.02. The third kappa shape index (κ3) is 4.28. The first-order valence-corrected chi connectivity index (χ1v) is 10.2. The van der Waals surface area contributed by atoms with Crippen LogP contribution in [-0.2, 0) is 7.05 Å².